The van der Waals surface area contributed by atoms with Crippen LogP contribution < -0.4 is 15.5 Å². The summed E-state index contributed by atoms with van der Waals surface area (Å²) in [6, 6.07) is 42.7. The molecule has 12 nitrogen and oxygen atoms in total. The van der Waals surface area contributed by atoms with Gasteiger partial charge in [0.1, 0.15) is 37.4 Å². The van der Waals surface area contributed by atoms with Crippen LogP contribution >= 0.6 is 0 Å². The fraction of sp³-hybridized carbons (Fsp3) is 0.182. The van der Waals surface area contributed by atoms with Gasteiger partial charge in [0.05, 0.1) is 0 Å². The highest BCUT2D eigenvalue weighted by molar-refractivity contribution is 5.97. The normalized spacial score (nSPS) is 15.7. The number of rotatable bonds is 15. The fourth-order valence-electron chi connectivity index (χ4n) is 9.50. The number of pyridine rings is 1. The van der Waals surface area contributed by atoms with Gasteiger partial charge in [-0.2, -0.15) is 0 Å². The van der Waals surface area contributed by atoms with Crippen molar-refractivity contribution in [3.8, 4) is 0 Å². The summed E-state index contributed by atoms with van der Waals surface area (Å²) in [5.41, 5.74) is 5.76. The summed E-state index contributed by atoms with van der Waals surface area (Å²) in [5, 5.41) is 12.0. The van der Waals surface area contributed by atoms with E-state index in [-0.39, 0.29) is 38.9 Å². The largest absolute Gasteiger partial charge is 0.459 e. The van der Waals surface area contributed by atoms with E-state index in [1.54, 1.807) is 29.4 Å². The lowest BCUT2D eigenvalue weighted by atomic mass is 10.0. The highest BCUT2D eigenvalue weighted by Gasteiger charge is 2.43. The van der Waals surface area contributed by atoms with Gasteiger partial charge in [-0.3, -0.25) is 14.6 Å². The van der Waals surface area contributed by atoms with Gasteiger partial charge >= 0.3 is 11.9 Å². The van der Waals surface area contributed by atoms with Gasteiger partial charge in [-0.1, -0.05) is 121 Å². The van der Waals surface area contributed by atoms with Crippen LogP contribution in [-0.4, -0.2) is 62.9 Å². The molecule has 0 saturated carbocycles. The molecule has 0 spiro atoms. The number of hydrogen-bond donors (Lipinski definition) is 4. The quantitative estimate of drug-likeness (QED) is 0.0746. The second kappa shape index (κ2) is 19.1. The minimum absolute atomic E-state index is 0.0132. The first-order chi connectivity index (χ1) is 32.9. The molecule has 4 N–H and O–H groups in total. The van der Waals surface area contributed by atoms with Crippen molar-refractivity contribution < 1.29 is 28.7 Å². The predicted octanol–water partition coefficient (Wildman–Crippen LogP) is 8.63. The van der Waals surface area contributed by atoms with E-state index in [2.05, 4.69) is 25.6 Å². The summed E-state index contributed by atoms with van der Waals surface area (Å²) in [6.07, 6.45) is 7.80. The average Bonchev–Trinajstić information content (AvgIpc) is 4.12. The molecule has 3 aromatic heterocycles. The highest BCUT2D eigenvalue weighted by atomic mass is 16.5. The van der Waals surface area contributed by atoms with Gasteiger partial charge in [-0.05, 0) is 80.9 Å². The van der Waals surface area contributed by atoms with Gasteiger partial charge < -0.3 is 35.0 Å². The van der Waals surface area contributed by atoms with Crippen molar-refractivity contribution in [3.05, 3.63) is 193 Å². The fourth-order valence-corrected chi connectivity index (χ4v) is 9.50. The second-order valence-corrected chi connectivity index (χ2v) is 17.0. The van der Waals surface area contributed by atoms with E-state index in [9.17, 15) is 19.2 Å². The van der Waals surface area contributed by atoms with Crippen LogP contribution in [0.5, 0.6) is 0 Å². The summed E-state index contributed by atoms with van der Waals surface area (Å²) >= 11 is 0. The lowest BCUT2D eigenvalue weighted by Crippen LogP contribution is -2.56. The Morgan fingerprint density at radius 1 is 0.522 bits per heavy atom. The van der Waals surface area contributed by atoms with Crippen LogP contribution in [0.1, 0.15) is 35.1 Å². The van der Waals surface area contributed by atoms with Gasteiger partial charge in [0.2, 0.25) is 11.8 Å². The molecule has 1 aliphatic heterocycles. The summed E-state index contributed by atoms with van der Waals surface area (Å²) in [7, 11) is 0. The Balaban J connectivity index is 0.908. The number of esters is 2. The van der Waals surface area contributed by atoms with Gasteiger partial charge in [0, 0.05) is 65.1 Å². The molecule has 2 amide bonds. The topological polar surface area (TPSA) is 159 Å². The zero-order valence-electron chi connectivity index (χ0n) is 36.6. The van der Waals surface area contributed by atoms with E-state index >= 15 is 0 Å². The van der Waals surface area contributed by atoms with Crippen LogP contribution in [0.25, 0.3) is 43.4 Å². The number of H-pyrrole nitrogens is 2. The Labute approximate surface area is 386 Å². The van der Waals surface area contributed by atoms with Crippen LogP contribution in [0.4, 0.5) is 5.69 Å². The van der Waals surface area contributed by atoms with Gasteiger partial charge in [0.15, 0.2) is 0 Å². The van der Waals surface area contributed by atoms with E-state index in [1.807, 2.05) is 146 Å². The molecular weight excluding hydrogens is 841 g/mol. The molecular formula is C55H48N6O6. The first-order valence-electron chi connectivity index (χ1n) is 22.5. The first kappa shape index (κ1) is 42.7. The Bertz CT molecular complexity index is 3050. The van der Waals surface area contributed by atoms with Crippen LogP contribution in [0.3, 0.4) is 0 Å². The number of para-hydroxylation sites is 2. The van der Waals surface area contributed by atoms with E-state index < -0.39 is 47.9 Å². The van der Waals surface area contributed by atoms with E-state index in [0.29, 0.717) is 5.69 Å². The summed E-state index contributed by atoms with van der Waals surface area (Å²) in [4.78, 5) is 70.4. The molecule has 0 aliphatic carbocycles. The number of aromatic amines is 2. The number of aromatic nitrogens is 3. The summed E-state index contributed by atoms with van der Waals surface area (Å²) in [5.74, 6) is -2.05. The lowest BCUT2D eigenvalue weighted by molar-refractivity contribution is -0.149. The third-order valence-electron chi connectivity index (χ3n) is 12.9. The molecule has 0 radical (unpaired) electrons. The van der Waals surface area contributed by atoms with Crippen molar-refractivity contribution in [1.82, 2.24) is 25.6 Å². The standard InChI is InChI=1S/C55H48N6O6/c62-52(59-48(29-39-31-57-46-21-7-5-19-44(39)46)54(64)66-33-37-15-9-13-35-11-1-3-17-42(35)37)50-23-24-51(61(50)41-25-27-56-28-26-41)53(63)60-49(30-40-32-58-47-22-8-6-20-45(40)47)55(65)67-34-38-16-10-14-36-12-2-4-18-43(36)38/h1-22,25-28,31-32,48-51,57-58H,23-24,29-30,33-34H2,(H,59,62)(H,60,63)/t48-,49-,50?,51?/m0/s1. The van der Waals surface area contributed by atoms with Crippen molar-refractivity contribution in [2.24, 2.45) is 0 Å². The zero-order valence-corrected chi connectivity index (χ0v) is 36.6. The number of amides is 2. The van der Waals surface area contributed by atoms with Gasteiger partial charge in [-0.25, -0.2) is 9.59 Å². The van der Waals surface area contributed by atoms with Crippen molar-refractivity contribution in [3.63, 3.8) is 0 Å². The predicted molar refractivity (Wildman–Crippen MR) is 259 cm³/mol. The monoisotopic (exact) mass is 888 g/mol. The number of benzene rings is 6. The Morgan fingerprint density at radius 3 is 1.42 bits per heavy atom. The first-order valence-corrected chi connectivity index (χ1v) is 22.5. The number of nitrogens with zero attached hydrogens (tertiary/aromatic N) is 2. The van der Waals surface area contributed by atoms with Crippen LogP contribution in [0.2, 0.25) is 0 Å². The van der Waals surface area contributed by atoms with Crippen molar-refractivity contribution in [1.29, 1.82) is 0 Å². The molecule has 4 atom stereocenters. The van der Waals surface area contributed by atoms with Gasteiger partial charge in [0.25, 0.3) is 0 Å². The number of carbonyl (C=O) groups excluding carboxylic acids is 4. The highest BCUT2D eigenvalue weighted by Crippen LogP contribution is 2.32. The Morgan fingerprint density at radius 2 is 0.940 bits per heavy atom. The molecule has 6 aromatic carbocycles. The number of nitrogens with one attached hydrogen (secondary N) is 4. The number of fused-ring (bicyclic) bond motifs is 4. The van der Waals surface area contributed by atoms with Crippen molar-refractivity contribution >= 4 is 72.8 Å². The molecule has 1 aliphatic rings. The third kappa shape index (κ3) is 9.06. The summed E-state index contributed by atoms with van der Waals surface area (Å²) < 4.78 is 12.0. The number of anilines is 1. The van der Waals surface area contributed by atoms with E-state index in [4.69, 9.17) is 9.47 Å². The van der Waals surface area contributed by atoms with Gasteiger partial charge in [-0.15, -0.1) is 0 Å². The lowest BCUT2D eigenvalue weighted by Gasteiger charge is -2.32. The maximum absolute atomic E-state index is 14.7. The number of hydrogen-bond acceptors (Lipinski definition) is 8. The molecule has 9 aromatic rings. The van der Waals surface area contributed by atoms with Crippen molar-refractivity contribution in [2.45, 2.75) is 63.1 Å². The molecule has 12 heteroatoms. The Kier molecular flexibility index (Phi) is 12.2. The average molecular weight is 889 g/mol. The van der Waals surface area contributed by atoms with Crippen LogP contribution in [0.15, 0.2) is 170 Å². The van der Waals surface area contributed by atoms with Crippen LogP contribution in [-0.2, 0) is 54.7 Å². The summed E-state index contributed by atoms with van der Waals surface area (Å²) in [6.45, 7) is 0.0265. The molecule has 1 saturated heterocycles. The molecule has 67 heavy (non-hydrogen) atoms. The second-order valence-electron chi connectivity index (χ2n) is 17.0. The minimum atomic E-state index is -1.06. The number of ether oxygens (including phenoxy) is 2. The van der Waals surface area contributed by atoms with Crippen molar-refractivity contribution in [2.75, 3.05) is 4.90 Å². The number of carbonyl (C=O) groups is 4. The SMILES string of the molecule is O=C(N[C@@H](Cc1c[nH]c2ccccc12)C(=O)OCc1cccc2ccccc12)C1CCC(C(=O)N[C@@H](Cc2c[nH]c3ccccc23)C(=O)OCc2cccc3ccccc23)N1c1ccncc1. The zero-order chi connectivity index (χ0) is 45.7. The molecule has 0 bridgehead atoms. The Hall–Kier alpha value is -8.25. The maximum atomic E-state index is 14.7. The maximum Gasteiger partial charge on any atom is 0.329 e. The molecule has 334 valence electrons. The molecule has 2 unspecified atom stereocenters. The van der Waals surface area contributed by atoms with E-state index in [1.165, 1.54) is 0 Å². The minimum Gasteiger partial charge on any atom is -0.459 e. The third-order valence-corrected chi connectivity index (χ3v) is 12.9. The molecule has 10 rings (SSSR count). The smallest absolute Gasteiger partial charge is 0.329 e. The molecule has 4 heterocycles. The van der Waals surface area contributed by atoms with Crippen LogP contribution in [0, 0.1) is 0 Å². The van der Waals surface area contributed by atoms with E-state index in [0.717, 1.165) is 65.6 Å². The molecule has 1 fully saturated rings.